The number of anilines is 1. The molecule has 0 aromatic heterocycles. The Bertz CT molecular complexity index is 1680. The molecule has 1 unspecified atom stereocenters. The van der Waals surface area contributed by atoms with Gasteiger partial charge >= 0.3 is 0 Å². The van der Waals surface area contributed by atoms with E-state index in [9.17, 15) is 16.8 Å². The van der Waals surface area contributed by atoms with E-state index in [1.165, 1.54) is 22.7 Å². The SMILES string of the molecule is CN(CC[C@@H](CC1N(S(C)(=O)=O)c2ccccc2C12CCNCC2)c1ccc(Cl)c(Cl)c1)S(=O)(=O)c1cccc(Cl)c1. The fraction of sp³-hybridized carbons (Fsp3) is 0.400. The van der Waals surface area contributed by atoms with Crippen molar-refractivity contribution in [2.45, 2.75) is 48.0 Å². The van der Waals surface area contributed by atoms with E-state index in [4.69, 9.17) is 34.8 Å². The molecule has 1 saturated heterocycles. The van der Waals surface area contributed by atoms with Crippen LogP contribution in [0.5, 0.6) is 0 Å². The molecule has 0 aliphatic carbocycles. The molecule has 2 aliphatic heterocycles. The van der Waals surface area contributed by atoms with Crippen LogP contribution < -0.4 is 9.62 Å². The van der Waals surface area contributed by atoms with Crippen molar-refractivity contribution in [1.29, 1.82) is 0 Å². The molecule has 2 atom stereocenters. The summed E-state index contributed by atoms with van der Waals surface area (Å²) in [4.78, 5) is 0.117. The summed E-state index contributed by atoms with van der Waals surface area (Å²) in [6.07, 6.45) is 3.75. The minimum Gasteiger partial charge on any atom is -0.317 e. The van der Waals surface area contributed by atoms with Crippen molar-refractivity contribution in [3.63, 3.8) is 0 Å². The van der Waals surface area contributed by atoms with Gasteiger partial charge in [0.05, 0.1) is 32.9 Å². The third-order valence-corrected chi connectivity index (χ3v) is 12.7. The van der Waals surface area contributed by atoms with Crippen LogP contribution in [-0.4, -0.2) is 60.1 Å². The van der Waals surface area contributed by atoms with Crippen LogP contribution in [0, 0.1) is 0 Å². The van der Waals surface area contributed by atoms with Crippen molar-refractivity contribution in [1.82, 2.24) is 9.62 Å². The van der Waals surface area contributed by atoms with Crippen molar-refractivity contribution >= 4 is 60.5 Å². The normalized spacial score (nSPS) is 19.3. The molecule has 0 amide bonds. The molecule has 7 nitrogen and oxygen atoms in total. The van der Waals surface area contributed by atoms with Gasteiger partial charge in [-0.3, -0.25) is 4.31 Å². The lowest BCUT2D eigenvalue weighted by molar-refractivity contribution is 0.252. The van der Waals surface area contributed by atoms with Crippen LogP contribution in [0.15, 0.2) is 71.6 Å². The Morgan fingerprint density at radius 2 is 1.67 bits per heavy atom. The quantitative estimate of drug-likeness (QED) is 0.289. The Labute approximate surface area is 263 Å². The van der Waals surface area contributed by atoms with Crippen molar-refractivity contribution in [3.8, 4) is 0 Å². The van der Waals surface area contributed by atoms with E-state index < -0.39 is 20.0 Å². The first kappa shape index (κ1) is 31.6. The fourth-order valence-electron chi connectivity index (χ4n) is 6.59. The van der Waals surface area contributed by atoms with Gasteiger partial charge in [0.15, 0.2) is 0 Å². The molecule has 1 fully saturated rings. The number of para-hydroxylation sites is 1. The molecular weight excluding hydrogens is 637 g/mol. The average molecular weight is 671 g/mol. The minimum atomic E-state index is -3.80. The number of nitrogens with zero attached hydrogens (tertiary/aromatic N) is 2. The second-order valence-electron chi connectivity index (χ2n) is 11.2. The van der Waals surface area contributed by atoms with Crippen LogP contribution in [0.3, 0.4) is 0 Å². The Morgan fingerprint density at radius 1 is 0.952 bits per heavy atom. The van der Waals surface area contributed by atoms with Crippen molar-refractivity contribution in [2.75, 3.05) is 37.2 Å². The first-order valence-electron chi connectivity index (χ1n) is 13.8. The summed E-state index contributed by atoms with van der Waals surface area (Å²) in [6.45, 7) is 1.76. The molecule has 0 radical (unpaired) electrons. The number of hydrogen-bond acceptors (Lipinski definition) is 5. The lowest BCUT2D eigenvalue weighted by Gasteiger charge is -2.43. The molecular formula is C30H34Cl3N3O4S2. The van der Waals surface area contributed by atoms with Crippen molar-refractivity contribution < 1.29 is 16.8 Å². The van der Waals surface area contributed by atoms with E-state index >= 15 is 0 Å². The number of hydrogen-bond donors (Lipinski definition) is 1. The van der Waals surface area contributed by atoms with Gasteiger partial charge in [-0.15, -0.1) is 0 Å². The molecule has 3 aromatic carbocycles. The molecule has 0 bridgehead atoms. The Balaban J connectivity index is 1.53. The van der Waals surface area contributed by atoms with Crippen molar-refractivity contribution in [2.24, 2.45) is 0 Å². The van der Waals surface area contributed by atoms with Gasteiger partial charge in [0, 0.05) is 24.0 Å². The molecule has 1 N–H and O–H groups in total. The monoisotopic (exact) mass is 669 g/mol. The number of nitrogens with one attached hydrogen (secondary N) is 1. The van der Waals surface area contributed by atoms with E-state index in [0.717, 1.165) is 42.7 Å². The van der Waals surface area contributed by atoms with Crippen LogP contribution in [-0.2, 0) is 25.5 Å². The fourth-order valence-corrected chi connectivity index (χ4v) is 9.65. The molecule has 0 saturated carbocycles. The molecule has 5 rings (SSSR count). The van der Waals surface area contributed by atoms with Crippen LogP contribution in [0.25, 0.3) is 0 Å². The smallest absolute Gasteiger partial charge is 0.242 e. The topological polar surface area (TPSA) is 86.8 Å². The van der Waals surface area contributed by atoms with E-state index in [1.807, 2.05) is 30.3 Å². The lowest BCUT2D eigenvalue weighted by atomic mass is 9.67. The third-order valence-electron chi connectivity index (χ3n) is 8.67. The molecule has 42 heavy (non-hydrogen) atoms. The van der Waals surface area contributed by atoms with Gasteiger partial charge < -0.3 is 5.32 Å². The van der Waals surface area contributed by atoms with Crippen molar-refractivity contribution in [3.05, 3.63) is 92.9 Å². The minimum absolute atomic E-state index is 0.117. The lowest BCUT2D eigenvalue weighted by Crippen LogP contribution is -2.52. The predicted molar refractivity (Wildman–Crippen MR) is 171 cm³/mol. The number of halogens is 3. The number of rotatable bonds is 9. The molecule has 2 heterocycles. The zero-order valence-electron chi connectivity index (χ0n) is 23.4. The first-order chi connectivity index (χ1) is 19.8. The largest absolute Gasteiger partial charge is 0.317 e. The van der Waals surface area contributed by atoms with E-state index in [1.54, 1.807) is 29.6 Å². The van der Waals surface area contributed by atoms with E-state index in [2.05, 4.69) is 11.4 Å². The molecule has 1 spiro atoms. The van der Waals surface area contributed by atoms with Gasteiger partial charge in [-0.05, 0) is 92.2 Å². The maximum atomic E-state index is 13.4. The summed E-state index contributed by atoms with van der Waals surface area (Å²) in [6, 6.07) is 19.1. The standard InChI is InChI=1S/C30H34Cl3N3O4S2/c1-35(42(39,40)24-7-5-6-23(31)20-24)17-12-22(21-10-11-26(32)27(33)18-21)19-29-30(13-15-34-16-14-30)25-8-3-4-9-28(25)36(29)41(2,37)38/h3-11,18,20,22,29,34H,12-17,19H2,1-2H3/t22-,29?/m0/s1. The van der Waals surface area contributed by atoms with Gasteiger partial charge in [-0.25, -0.2) is 21.1 Å². The summed E-state index contributed by atoms with van der Waals surface area (Å²) in [7, 11) is -5.88. The van der Waals surface area contributed by atoms with E-state index in [0.29, 0.717) is 27.9 Å². The molecule has 12 heteroatoms. The summed E-state index contributed by atoms with van der Waals surface area (Å²) in [5, 5.41) is 4.58. The maximum absolute atomic E-state index is 13.4. The van der Waals surface area contributed by atoms with E-state index in [-0.39, 0.29) is 28.8 Å². The van der Waals surface area contributed by atoms with Crippen LogP contribution in [0.1, 0.15) is 42.7 Å². The van der Waals surface area contributed by atoms with Gasteiger partial charge in [0.2, 0.25) is 20.0 Å². The van der Waals surface area contributed by atoms with Gasteiger partial charge in [-0.1, -0.05) is 65.1 Å². The Hall–Kier alpha value is -1.85. The van der Waals surface area contributed by atoms with Crippen LogP contribution >= 0.6 is 34.8 Å². The Morgan fingerprint density at radius 3 is 2.33 bits per heavy atom. The summed E-state index contributed by atoms with van der Waals surface area (Å²) >= 11 is 18.8. The first-order valence-corrected chi connectivity index (χ1v) is 18.2. The highest BCUT2D eigenvalue weighted by Gasteiger charge is 2.54. The highest BCUT2D eigenvalue weighted by atomic mass is 35.5. The number of fused-ring (bicyclic) bond motifs is 2. The molecule has 3 aromatic rings. The molecule has 226 valence electrons. The predicted octanol–water partition coefficient (Wildman–Crippen LogP) is 6.30. The summed E-state index contributed by atoms with van der Waals surface area (Å²) in [5.74, 6) is -0.216. The summed E-state index contributed by atoms with van der Waals surface area (Å²) < 4.78 is 56.5. The zero-order chi connectivity index (χ0) is 30.3. The number of benzene rings is 3. The number of piperidine rings is 1. The van der Waals surface area contributed by atoms with Crippen LogP contribution in [0.2, 0.25) is 15.1 Å². The maximum Gasteiger partial charge on any atom is 0.242 e. The van der Waals surface area contributed by atoms with Gasteiger partial charge in [-0.2, -0.15) is 0 Å². The average Bonchev–Trinajstić information content (AvgIpc) is 3.21. The Kier molecular flexibility index (Phi) is 9.22. The zero-order valence-corrected chi connectivity index (χ0v) is 27.3. The second kappa shape index (κ2) is 12.3. The highest BCUT2D eigenvalue weighted by Crippen LogP contribution is 2.54. The number of sulfonamides is 2. The van der Waals surface area contributed by atoms with Crippen LogP contribution in [0.4, 0.5) is 5.69 Å². The highest BCUT2D eigenvalue weighted by molar-refractivity contribution is 7.92. The van der Waals surface area contributed by atoms with Gasteiger partial charge in [0.1, 0.15) is 0 Å². The molecule has 2 aliphatic rings. The second-order valence-corrected chi connectivity index (χ2v) is 16.3. The third kappa shape index (κ3) is 6.07. The van der Waals surface area contributed by atoms with Gasteiger partial charge in [0.25, 0.3) is 0 Å². The summed E-state index contributed by atoms with van der Waals surface area (Å²) in [5.41, 5.74) is 2.28.